The van der Waals surface area contributed by atoms with Crippen molar-refractivity contribution >= 4 is 17.5 Å². The van der Waals surface area contributed by atoms with E-state index in [9.17, 15) is 4.79 Å². The van der Waals surface area contributed by atoms with Crippen molar-refractivity contribution in [3.8, 4) is 11.3 Å². The van der Waals surface area contributed by atoms with Crippen LogP contribution in [0.15, 0.2) is 67.0 Å². The summed E-state index contributed by atoms with van der Waals surface area (Å²) < 4.78 is 0. The second-order valence-corrected chi connectivity index (χ2v) is 8.26. The highest BCUT2D eigenvalue weighted by atomic mass is 35.5. The smallest absolute Gasteiger partial charge is 0.222 e. The van der Waals surface area contributed by atoms with Gasteiger partial charge in [0.1, 0.15) is 0 Å². The lowest BCUT2D eigenvalue weighted by atomic mass is 9.91. The molecule has 1 aliphatic rings. The first-order valence-electron chi connectivity index (χ1n) is 10.6. The molecule has 154 valence electrons. The maximum absolute atomic E-state index is 12.8. The van der Waals surface area contributed by atoms with Gasteiger partial charge in [-0.1, -0.05) is 54.1 Å². The summed E-state index contributed by atoms with van der Waals surface area (Å²) in [5, 5.41) is 0.683. The molecule has 1 atom stereocenters. The molecule has 4 nitrogen and oxygen atoms in total. The van der Waals surface area contributed by atoms with Crippen LogP contribution in [-0.4, -0.2) is 33.9 Å². The fourth-order valence-corrected chi connectivity index (χ4v) is 4.37. The highest BCUT2D eigenvalue weighted by molar-refractivity contribution is 6.30. The molecule has 4 rings (SSSR count). The number of amides is 1. The fourth-order valence-electron chi connectivity index (χ4n) is 4.18. The maximum atomic E-state index is 12.8. The molecule has 1 aromatic heterocycles. The first-order chi connectivity index (χ1) is 14.7. The van der Waals surface area contributed by atoms with Gasteiger partial charge >= 0.3 is 0 Å². The zero-order valence-corrected chi connectivity index (χ0v) is 17.8. The Hall–Kier alpha value is -2.72. The van der Waals surface area contributed by atoms with Gasteiger partial charge in [-0.05, 0) is 43.4 Å². The number of aromatic nitrogens is 2. The van der Waals surface area contributed by atoms with Crippen LogP contribution in [0.5, 0.6) is 0 Å². The first-order valence-corrected chi connectivity index (χ1v) is 11.0. The van der Waals surface area contributed by atoms with Crippen LogP contribution in [0, 0.1) is 0 Å². The summed E-state index contributed by atoms with van der Waals surface area (Å²) in [7, 11) is 0. The van der Waals surface area contributed by atoms with Crippen molar-refractivity contribution in [1.82, 2.24) is 14.9 Å². The molecular formula is C25H26ClN3O. The van der Waals surface area contributed by atoms with E-state index in [0.717, 1.165) is 49.2 Å². The fraction of sp³-hybridized carbons (Fsp3) is 0.320. The van der Waals surface area contributed by atoms with Crippen molar-refractivity contribution in [2.75, 3.05) is 13.1 Å². The molecule has 0 saturated carbocycles. The number of hydrogen-bond donors (Lipinski definition) is 0. The number of rotatable bonds is 6. The average molecular weight is 420 g/mol. The van der Waals surface area contributed by atoms with Gasteiger partial charge in [0.05, 0.1) is 11.4 Å². The summed E-state index contributed by atoms with van der Waals surface area (Å²) in [6, 6.07) is 18.1. The van der Waals surface area contributed by atoms with Crippen molar-refractivity contribution in [1.29, 1.82) is 0 Å². The molecule has 1 aliphatic heterocycles. The van der Waals surface area contributed by atoms with Gasteiger partial charge in [-0.25, -0.2) is 0 Å². The molecular weight excluding hydrogens is 394 g/mol. The number of nitrogens with zero attached hydrogens (tertiary/aromatic N) is 3. The van der Waals surface area contributed by atoms with Crippen LogP contribution in [0.2, 0.25) is 5.02 Å². The lowest BCUT2D eigenvalue weighted by molar-refractivity contribution is -0.132. The summed E-state index contributed by atoms with van der Waals surface area (Å²) in [6.45, 7) is 1.53. The van der Waals surface area contributed by atoms with Gasteiger partial charge in [0, 0.05) is 48.4 Å². The lowest BCUT2D eigenvalue weighted by Crippen LogP contribution is -2.39. The number of hydrogen-bond acceptors (Lipinski definition) is 3. The number of aryl methyl sites for hydroxylation is 1. The summed E-state index contributed by atoms with van der Waals surface area (Å²) in [5.41, 5.74) is 4.08. The second kappa shape index (κ2) is 9.86. The Morgan fingerprint density at radius 3 is 2.73 bits per heavy atom. The quantitative estimate of drug-likeness (QED) is 0.528. The molecule has 0 radical (unpaired) electrons. The molecule has 0 N–H and O–H groups in total. The minimum atomic E-state index is 0.194. The van der Waals surface area contributed by atoms with E-state index < -0.39 is 0 Å². The van der Waals surface area contributed by atoms with E-state index in [1.54, 1.807) is 12.4 Å². The van der Waals surface area contributed by atoms with E-state index in [4.69, 9.17) is 11.6 Å². The zero-order chi connectivity index (χ0) is 20.8. The molecule has 0 spiro atoms. The summed E-state index contributed by atoms with van der Waals surface area (Å²) >= 11 is 6.19. The van der Waals surface area contributed by atoms with Gasteiger partial charge in [0.2, 0.25) is 5.91 Å². The van der Waals surface area contributed by atoms with Gasteiger partial charge in [-0.15, -0.1) is 0 Å². The van der Waals surface area contributed by atoms with Gasteiger partial charge in [0.25, 0.3) is 0 Å². The van der Waals surface area contributed by atoms with Crippen LogP contribution < -0.4 is 0 Å². The minimum Gasteiger partial charge on any atom is -0.342 e. The van der Waals surface area contributed by atoms with E-state index in [1.165, 1.54) is 5.56 Å². The maximum Gasteiger partial charge on any atom is 0.222 e. The lowest BCUT2D eigenvalue weighted by Gasteiger charge is -2.33. The first kappa shape index (κ1) is 20.5. The molecule has 5 heteroatoms. The number of likely N-dealkylation sites (tertiary alicyclic amines) is 1. The predicted octanol–water partition coefficient (Wildman–Crippen LogP) is 5.53. The molecule has 30 heavy (non-hydrogen) atoms. The third-order valence-electron chi connectivity index (χ3n) is 5.68. The van der Waals surface area contributed by atoms with Crippen molar-refractivity contribution < 1.29 is 4.79 Å². The molecule has 1 saturated heterocycles. The van der Waals surface area contributed by atoms with Crippen LogP contribution in [0.4, 0.5) is 0 Å². The average Bonchev–Trinajstić information content (AvgIpc) is 2.80. The van der Waals surface area contributed by atoms with Gasteiger partial charge in [0.15, 0.2) is 0 Å². The molecule has 0 aliphatic carbocycles. The van der Waals surface area contributed by atoms with Gasteiger partial charge in [-0.3, -0.25) is 14.8 Å². The van der Waals surface area contributed by atoms with E-state index in [-0.39, 0.29) is 11.8 Å². The molecule has 1 unspecified atom stereocenters. The number of benzene rings is 2. The second-order valence-electron chi connectivity index (χ2n) is 7.82. The minimum absolute atomic E-state index is 0.194. The van der Waals surface area contributed by atoms with Crippen LogP contribution in [-0.2, 0) is 11.2 Å². The topological polar surface area (TPSA) is 46.1 Å². The summed E-state index contributed by atoms with van der Waals surface area (Å²) in [5.74, 6) is 0.434. The predicted molar refractivity (Wildman–Crippen MR) is 120 cm³/mol. The van der Waals surface area contributed by atoms with Gasteiger partial charge in [-0.2, -0.15) is 0 Å². The molecule has 3 aromatic rings. The number of carbonyl (C=O) groups excluding carboxylic acids is 1. The Balaban J connectivity index is 1.42. The Morgan fingerprint density at radius 2 is 1.90 bits per heavy atom. The van der Waals surface area contributed by atoms with Crippen LogP contribution in [0.1, 0.15) is 42.9 Å². The number of piperidine rings is 1. The van der Waals surface area contributed by atoms with E-state index in [0.29, 0.717) is 18.0 Å². The molecule has 2 heterocycles. The van der Waals surface area contributed by atoms with E-state index in [2.05, 4.69) is 22.1 Å². The van der Waals surface area contributed by atoms with Crippen molar-refractivity contribution in [3.63, 3.8) is 0 Å². The highest BCUT2D eigenvalue weighted by Crippen LogP contribution is 2.32. The number of halogens is 1. The monoisotopic (exact) mass is 419 g/mol. The van der Waals surface area contributed by atoms with Crippen molar-refractivity contribution in [3.05, 3.63) is 83.3 Å². The standard InChI is InChI=1S/C25H26ClN3O/c26-22-12-5-10-20(17-22)24-25(28-15-14-27-24)21-11-6-16-29(18-21)23(30)13-4-9-19-7-2-1-3-8-19/h1-3,5,7-8,10,12,14-15,17,21H,4,6,9,11,13,16,18H2. The third kappa shape index (κ3) is 5.06. The Bertz CT molecular complexity index is 992. The van der Waals surface area contributed by atoms with Crippen LogP contribution in [0.25, 0.3) is 11.3 Å². The van der Waals surface area contributed by atoms with Crippen molar-refractivity contribution in [2.24, 2.45) is 0 Å². The normalized spacial score (nSPS) is 16.4. The zero-order valence-electron chi connectivity index (χ0n) is 17.0. The van der Waals surface area contributed by atoms with Crippen LogP contribution >= 0.6 is 11.6 Å². The Kier molecular flexibility index (Phi) is 6.75. The SMILES string of the molecule is O=C(CCCc1ccccc1)N1CCCC(c2nccnc2-c2cccc(Cl)c2)C1. The van der Waals surface area contributed by atoms with Gasteiger partial charge < -0.3 is 4.90 Å². The van der Waals surface area contributed by atoms with E-state index in [1.807, 2.05) is 47.4 Å². The third-order valence-corrected chi connectivity index (χ3v) is 5.92. The summed E-state index contributed by atoms with van der Waals surface area (Å²) in [4.78, 5) is 24.1. The van der Waals surface area contributed by atoms with Crippen LogP contribution in [0.3, 0.4) is 0 Å². The molecule has 1 amide bonds. The highest BCUT2D eigenvalue weighted by Gasteiger charge is 2.27. The Labute approximate surface area is 182 Å². The van der Waals surface area contributed by atoms with E-state index >= 15 is 0 Å². The van der Waals surface area contributed by atoms with Crippen molar-refractivity contribution in [2.45, 2.75) is 38.0 Å². The molecule has 0 bridgehead atoms. The molecule has 1 fully saturated rings. The summed E-state index contributed by atoms with van der Waals surface area (Å²) in [6.07, 6.45) is 7.86. The largest absolute Gasteiger partial charge is 0.342 e. The Morgan fingerprint density at radius 1 is 1.07 bits per heavy atom. The number of carbonyl (C=O) groups is 1. The molecule has 2 aromatic carbocycles.